The highest BCUT2D eigenvalue weighted by Gasteiger charge is 2.53. The summed E-state index contributed by atoms with van der Waals surface area (Å²) in [6.07, 6.45) is -9.47. The van der Waals surface area contributed by atoms with E-state index in [1.54, 1.807) is 6.92 Å². The molecule has 2 heterocycles. The number of hydrogen-bond donors (Lipinski definition) is 3. The zero-order chi connectivity index (χ0) is 18.9. The second-order valence-corrected chi connectivity index (χ2v) is 7.89. The van der Waals surface area contributed by atoms with Crippen molar-refractivity contribution in [3.05, 3.63) is 0 Å². The van der Waals surface area contributed by atoms with Crippen LogP contribution >= 0.6 is 0 Å². The second-order valence-electron chi connectivity index (χ2n) is 6.22. The summed E-state index contributed by atoms with van der Waals surface area (Å²) in [6.45, 7) is 3.15. The summed E-state index contributed by atoms with van der Waals surface area (Å²) in [5, 5.41) is 39.0. The molecule has 148 valence electrons. The average Bonchev–Trinajstić information content (AvgIpc) is 2.57. The van der Waals surface area contributed by atoms with Gasteiger partial charge in [0.25, 0.3) is 10.1 Å². The maximum Gasteiger partial charge on any atom is 0.267 e. The predicted octanol–water partition coefficient (Wildman–Crippen LogP) is -3.17. The van der Waals surface area contributed by atoms with Crippen molar-refractivity contribution in [1.29, 1.82) is 0 Å². The summed E-state index contributed by atoms with van der Waals surface area (Å²) in [5.41, 5.74) is 0. The highest BCUT2D eigenvalue weighted by molar-refractivity contribution is 7.87. The second kappa shape index (κ2) is 8.08. The normalized spacial score (nSPS) is 46.1. The summed E-state index contributed by atoms with van der Waals surface area (Å²) < 4.78 is 48.2. The minimum absolute atomic E-state index is 0.0591. The van der Waals surface area contributed by atoms with E-state index in [9.17, 15) is 29.0 Å². The van der Waals surface area contributed by atoms with Crippen molar-refractivity contribution in [3.63, 3.8) is 0 Å². The third kappa shape index (κ3) is 4.13. The first-order valence-electron chi connectivity index (χ1n) is 7.68. The van der Waals surface area contributed by atoms with E-state index < -0.39 is 58.5 Å². The Morgan fingerprint density at radius 1 is 1.08 bits per heavy atom. The number of ether oxygens (including phenoxy) is 4. The van der Waals surface area contributed by atoms with Crippen molar-refractivity contribution in [3.8, 4) is 0 Å². The molecule has 0 aromatic heterocycles. The zero-order valence-corrected chi connectivity index (χ0v) is 14.7. The van der Waals surface area contributed by atoms with Gasteiger partial charge in [0.15, 0.2) is 12.6 Å². The molecule has 11 nitrogen and oxygen atoms in total. The van der Waals surface area contributed by atoms with Crippen molar-refractivity contribution in [2.24, 2.45) is 5.92 Å². The lowest BCUT2D eigenvalue weighted by molar-refractivity contribution is -0.635. The van der Waals surface area contributed by atoms with E-state index in [1.807, 2.05) is 0 Å². The minimum Gasteiger partial charge on any atom is -0.707 e. The molecule has 0 spiro atoms. The first-order chi connectivity index (χ1) is 11.6. The third-order valence-electron chi connectivity index (χ3n) is 4.44. The molecule has 2 fully saturated rings. The molecule has 3 N–H and O–H groups in total. The molecule has 0 aromatic carbocycles. The molecule has 2 saturated heterocycles. The number of aliphatic hydroxyl groups is 3. The first kappa shape index (κ1) is 20.9. The van der Waals surface area contributed by atoms with Crippen molar-refractivity contribution < 1.29 is 52.3 Å². The Morgan fingerprint density at radius 3 is 2.28 bits per heavy atom. The smallest absolute Gasteiger partial charge is 0.267 e. The summed E-state index contributed by atoms with van der Waals surface area (Å²) in [4.78, 5) is 0. The molecule has 2 unspecified atom stereocenters. The van der Waals surface area contributed by atoms with Crippen LogP contribution < -0.4 is 5.26 Å². The predicted molar refractivity (Wildman–Crippen MR) is 76.9 cm³/mol. The minimum atomic E-state index is -4.78. The van der Waals surface area contributed by atoms with E-state index in [0.717, 1.165) is 0 Å². The first-order valence-corrected chi connectivity index (χ1v) is 9.16. The van der Waals surface area contributed by atoms with Gasteiger partial charge in [-0.25, -0.2) is 0 Å². The van der Waals surface area contributed by atoms with Crippen LogP contribution in [0.1, 0.15) is 13.8 Å². The highest BCUT2D eigenvalue weighted by atomic mass is 32.2. The zero-order valence-electron chi connectivity index (χ0n) is 13.9. The van der Waals surface area contributed by atoms with Crippen molar-refractivity contribution in [2.75, 3.05) is 13.7 Å². The van der Waals surface area contributed by atoms with Gasteiger partial charge in [0.05, 0.1) is 18.8 Å². The van der Waals surface area contributed by atoms with E-state index in [4.69, 9.17) is 18.9 Å². The van der Waals surface area contributed by atoms with Gasteiger partial charge in [-0.3, -0.25) is 0 Å². The van der Waals surface area contributed by atoms with Gasteiger partial charge in [-0.1, -0.05) is 6.92 Å². The van der Waals surface area contributed by atoms with E-state index in [1.165, 1.54) is 14.0 Å². The molecule has 0 aliphatic carbocycles. The van der Waals surface area contributed by atoms with Crippen molar-refractivity contribution in [2.45, 2.75) is 62.2 Å². The van der Waals surface area contributed by atoms with Gasteiger partial charge in [-0.05, 0) is 6.92 Å². The summed E-state index contributed by atoms with van der Waals surface area (Å²) >= 11 is 0. The van der Waals surface area contributed by atoms with Crippen LogP contribution in [0.15, 0.2) is 0 Å². The molecule has 0 aromatic rings. The number of methoxy groups -OCH3 is 1. The van der Waals surface area contributed by atoms with Crippen molar-refractivity contribution in [1.82, 2.24) is 0 Å². The quantitative estimate of drug-likeness (QED) is 0.322. The summed E-state index contributed by atoms with van der Waals surface area (Å²) in [5.74, 6) is -0.358. The molecule has 0 saturated carbocycles. The largest absolute Gasteiger partial charge is 0.707 e. The molecular weight excluding hydrogens is 364 g/mol. The Labute approximate surface area is 145 Å². The van der Waals surface area contributed by atoms with Gasteiger partial charge in [0, 0.05) is 13.0 Å². The van der Waals surface area contributed by atoms with Crippen LogP contribution in [0.2, 0.25) is 0 Å². The fourth-order valence-corrected chi connectivity index (χ4v) is 4.14. The number of aliphatic hydroxyl groups excluding tert-OH is 3. The van der Waals surface area contributed by atoms with Gasteiger partial charge in [0.2, 0.25) is 0 Å². The number of rotatable bonds is 5. The molecular formula is C13H23O11S-. The molecule has 25 heavy (non-hydrogen) atoms. The van der Waals surface area contributed by atoms with Crippen LogP contribution in [0.3, 0.4) is 0 Å². The van der Waals surface area contributed by atoms with Crippen LogP contribution in [0.4, 0.5) is 0 Å². The van der Waals surface area contributed by atoms with Crippen LogP contribution in [0, 0.1) is 5.92 Å². The average molecular weight is 387 g/mol. The monoisotopic (exact) mass is 387 g/mol. The molecule has 2 rings (SSSR count). The molecule has 2 aliphatic heterocycles. The van der Waals surface area contributed by atoms with E-state index in [2.05, 4.69) is 4.33 Å². The lowest BCUT2D eigenvalue weighted by atomic mass is 9.97. The van der Waals surface area contributed by atoms with Crippen molar-refractivity contribution >= 4 is 10.1 Å². The number of hydrogen-bond acceptors (Lipinski definition) is 11. The SMILES string of the molecule is COC1OC(C)[C@H](O[C@@H]2OC[C@@H](C)[C@H](O)[C@H]2O)[C@@H](S(=O)(=O)O[O-])[C@@H]1O. The fourth-order valence-electron chi connectivity index (χ4n) is 2.97. The Hall–Kier alpha value is -0.410. The lowest BCUT2D eigenvalue weighted by Crippen LogP contribution is -2.63. The standard InChI is InChI=1S/C13H24O11S/c1-5-4-21-13(8(15)7(5)14)23-10-6(2)22-12(20-3)9(16)11(10)25(18,19)24-17/h5-17H,4H2,1-3H3/p-1/t5-,6?,7+,8-,9+,10+,11+,12?,13+/m1/s1. The Morgan fingerprint density at radius 2 is 1.72 bits per heavy atom. The van der Waals surface area contributed by atoms with Crippen LogP contribution in [-0.2, 0) is 33.4 Å². The molecule has 0 bridgehead atoms. The van der Waals surface area contributed by atoms with Gasteiger partial charge in [0.1, 0.15) is 23.6 Å². The Balaban J connectivity index is 2.26. The van der Waals surface area contributed by atoms with E-state index in [-0.39, 0.29) is 12.5 Å². The molecule has 2 aliphatic rings. The Kier molecular flexibility index (Phi) is 6.76. The highest BCUT2D eigenvalue weighted by Crippen LogP contribution is 2.32. The summed E-state index contributed by atoms with van der Waals surface area (Å²) in [6, 6.07) is 0. The van der Waals surface area contributed by atoms with E-state index in [0.29, 0.717) is 0 Å². The Bertz CT molecular complexity index is 540. The fraction of sp³-hybridized carbons (Fsp3) is 1.00. The maximum atomic E-state index is 12.0. The van der Waals surface area contributed by atoms with Crippen LogP contribution in [0.5, 0.6) is 0 Å². The molecule has 12 heteroatoms. The van der Waals surface area contributed by atoms with Gasteiger partial charge in [-0.2, -0.15) is 8.42 Å². The summed E-state index contributed by atoms with van der Waals surface area (Å²) in [7, 11) is -3.59. The molecule has 0 radical (unpaired) electrons. The van der Waals surface area contributed by atoms with Crippen LogP contribution in [-0.4, -0.2) is 85.8 Å². The van der Waals surface area contributed by atoms with Crippen LogP contribution in [0.25, 0.3) is 0 Å². The lowest BCUT2D eigenvalue weighted by Gasteiger charge is -2.45. The van der Waals surface area contributed by atoms with E-state index >= 15 is 0 Å². The maximum absolute atomic E-state index is 12.0. The molecule has 0 amide bonds. The van der Waals surface area contributed by atoms with Gasteiger partial charge in [-0.15, -0.1) is 0 Å². The van der Waals surface area contributed by atoms with Gasteiger partial charge < -0.3 is 43.9 Å². The van der Waals surface area contributed by atoms with Gasteiger partial charge >= 0.3 is 0 Å². The molecule has 9 atom stereocenters. The topological polar surface area (TPSA) is 164 Å². The third-order valence-corrected chi connectivity index (χ3v) is 5.84.